The summed E-state index contributed by atoms with van der Waals surface area (Å²) in [5.74, 6) is -1.64. The zero-order valence-corrected chi connectivity index (χ0v) is 14.5. The molecule has 27 heavy (non-hydrogen) atoms. The molecule has 1 atom stereocenters. The third-order valence-electron chi connectivity index (χ3n) is 4.36. The molecular weight excluding hydrogens is 356 g/mol. The van der Waals surface area contributed by atoms with E-state index in [4.69, 9.17) is 4.74 Å². The lowest BCUT2D eigenvalue weighted by Gasteiger charge is -2.26. The number of benzene rings is 2. The molecule has 0 saturated carbocycles. The highest BCUT2D eigenvalue weighted by Crippen LogP contribution is 2.29. The van der Waals surface area contributed by atoms with E-state index in [1.165, 1.54) is 29.8 Å². The number of hydrogen-bond donors (Lipinski definition) is 1. The molecule has 2 aromatic carbocycles. The number of halogens is 2. The van der Waals surface area contributed by atoms with Gasteiger partial charge in [0, 0.05) is 0 Å². The molecule has 0 bridgehead atoms. The standard InChI is InChI=1S/C20H19F2NO4/c21-20(22)27-17-11-4-3-9-15(17)19(25)26-12-18(24)23-16-10-5-7-13-6-1-2-8-14(13)16/h1-4,6,8-9,11,16,20H,5,7,10,12H2,(H,23,24)/t16-/m0/s1. The molecule has 0 aromatic heterocycles. The third kappa shape index (κ3) is 4.81. The van der Waals surface area contributed by atoms with E-state index in [0.29, 0.717) is 0 Å². The average molecular weight is 375 g/mol. The molecule has 2 aromatic rings. The summed E-state index contributed by atoms with van der Waals surface area (Å²) in [5.41, 5.74) is 2.11. The quantitative estimate of drug-likeness (QED) is 0.783. The van der Waals surface area contributed by atoms with Crippen molar-refractivity contribution in [3.8, 4) is 5.75 Å². The maximum absolute atomic E-state index is 12.4. The Balaban J connectivity index is 1.58. The van der Waals surface area contributed by atoms with Crippen LogP contribution in [0.1, 0.15) is 40.4 Å². The number of esters is 1. The molecule has 3 rings (SSSR count). The van der Waals surface area contributed by atoms with Crippen molar-refractivity contribution < 1.29 is 27.8 Å². The summed E-state index contributed by atoms with van der Waals surface area (Å²) in [4.78, 5) is 24.3. The van der Waals surface area contributed by atoms with Gasteiger partial charge in [-0.3, -0.25) is 4.79 Å². The van der Waals surface area contributed by atoms with Crippen molar-refractivity contribution in [2.45, 2.75) is 31.9 Å². The molecule has 0 aliphatic heterocycles. The van der Waals surface area contributed by atoms with E-state index in [9.17, 15) is 18.4 Å². The lowest BCUT2D eigenvalue weighted by molar-refractivity contribution is -0.125. The van der Waals surface area contributed by atoms with Gasteiger partial charge in [-0.25, -0.2) is 4.79 Å². The zero-order chi connectivity index (χ0) is 19.2. The van der Waals surface area contributed by atoms with Crippen LogP contribution in [0.15, 0.2) is 48.5 Å². The Hall–Kier alpha value is -2.96. The fraction of sp³-hybridized carbons (Fsp3) is 0.300. The number of hydrogen-bond acceptors (Lipinski definition) is 4. The van der Waals surface area contributed by atoms with Crippen LogP contribution < -0.4 is 10.1 Å². The molecule has 0 heterocycles. The third-order valence-corrected chi connectivity index (χ3v) is 4.36. The Bertz CT molecular complexity index is 825. The molecule has 0 radical (unpaired) electrons. The topological polar surface area (TPSA) is 64.6 Å². The van der Waals surface area contributed by atoms with E-state index in [0.717, 1.165) is 24.8 Å². The fourth-order valence-corrected chi connectivity index (χ4v) is 3.18. The predicted molar refractivity (Wildman–Crippen MR) is 93.6 cm³/mol. The van der Waals surface area contributed by atoms with Gasteiger partial charge in [-0.05, 0) is 42.5 Å². The molecule has 7 heteroatoms. The first-order chi connectivity index (χ1) is 13.0. The normalized spacial score (nSPS) is 15.7. The van der Waals surface area contributed by atoms with Crippen molar-refractivity contribution in [3.63, 3.8) is 0 Å². The number of ether oxygens (including phenoxy) is 2. The Morgan fingerprint density at radius 1 is 1.11 bits per heavy atom. The van der Waals surface area contributed by atoms with Gasteiger partial charge in [-0.2, -0.15) is 8.78 Å². The lowest BCUT2D eigenvalue weighted by Crippen LogP contribution is -2.34. The van der Waals surface area contributed by atoms with Gasteiger partial charge in [0.25, 0.3) is 5.91 Å². The Labute approximate surface area is 155 Å². The minimum absolute atomic E-state index is 0.129. The fourth-order valence-electron chi connectivity index (χ4n) is 3.18. The highest BCUT2D eigenvalue weighted by Gasteiger charge is 2.22. The Morgan fingerprint density at radius 2 is 1.85 bits per heavy atom. The SMILES string of the molecule is O=C(COC(=O)c1ccccc1OC(F)F)N[C@H]1CCCc2ccccc21. The van der Waals surface area contributed by atoms with Crippen LogP contribution in [0, 0.1) is 0 Å². The molecule has 0 fully saturated rings. The molecule has 1 N–H and O–H groups in total. The second-order valence-electron chi connectivity index (χ2n) is 6.16. The first-order valence-electron chi connectivity index (χ1n) is 8.62. The Morgan fingerprint density at radius 3 is 2.67 bits per heavy atom. The van der Waals surface area contributed by atoms with Gasteiger partial charge >= 0.3 is 12.6 Å². The summed E-state index contributed by atoms with van der Waals surface area (Å²) in [6, 6.07) is 13.3. The lowest BCUT2D eigenvalue weighted by atomic mass is 9.88. The van der Waals surface area contributed by atoms with Crippen LogP contribution in [0.2, 0.25) is 0 Å². The van der Waals surface area contributed by atoms with E-state index in [-0.39, 0.29) is 17.4 Å². The number of carbonyl (C=O) groups is 2. The highest BCUT2D eigenvalue weighted by atomic mass is 19.3. The molecule has 1 aliphatic carbocycles. The predicted octanol–water partition coefficient (Wildman–Crippen LogP) is 3.64. The van der Waals surface area contributed by atoms with Crippen molar-refractivity contribution in [2.75, 3.05) is 6.61 Å². The van der Waals surface area contributed by atoms with Gasteiger partial charge in [-0.1, -0.05) is 36.4 Å². The molecule has 1 aliphatic rings. The zero-order valence-electron chi connectivity index (χ0n) is 14.5. The van der Waals surface area contributed by atoms with E-state index in [1.54, 1.807) is 0 Å². The van der Waals surface area contributed by atoms with Crippen LogP contribution in [0.25, 0.3) is 0 Å². The highest BCUT2D eigenvalue weighted by molar-refractivity contribution is 5.94. The van der Waals surface area contributed by atoms with Crippen molar-refractivity contribution in [1.82, 2.24) is 5.32 Å². The van der Waals surface area contributed by atoms with Crippen molar-refractivity contribution in [2.24, 2.45) is 0 Å². The molecular formula is C20H19F2NO4. The van der Waals surface area contributed by atoms with Crippen LogP contribution in [0.5, 0.6) is 5.75 Å². The van der Waals surface area contributed by atoms with Crippen LogP contribution >= 0.6 is 0 Å². The minimum atomic E-state index is -3.06. The number of rotatable bonds is 6. The van der Waals surface area contributed by atoms with Crippen LogP contribution in [-0.4, -0.2) is 25.1 Å². The number of para-hydroxylation sites is 1. The summed E-state index contributed by atoms with van der Waals surface area (Å²) in [5, 5.41) is 2.86. The number of alkyl halides is 2. The molecule has 0 unspecified atom stereocenters. The maximum atomic E-state index is 12.4. The first kappa shape index (κ1) is 18.8. The van der Waals surface area contributed by atoms with E-state index in [2.05, 4.69) is 10.1 Å². The van der Waals surface area contributed by atoms with Crippen molar-refractivity contribution in [3.05, 3.63) is 65.2 Å². The average Bonchev–Trinajstić information content (AvgIpc) is 2.66. The molecule has 0 spiro atoms. The van der Waals surface area contributed by atoms with Gasteiger partial charge in [0.15, 0.2) is 6.61 Å². The molecule has 5 nitrogen and oxygen atoms in total. The molecule has 0 saturated heterocycles. The van der Waals surface area contributed by atoms with Gasteiger partial charge in [0.2, 0.25) is 0 Å². The monoisotopic (exact) mass is 375 g/mol. The second kappa shape index (κ2) is 8.62. The van der Waals surface area contributed by atoms with Crippen molar-refractivity contribution in [1.29, 1.82) is 0 Å². The van der Waals surface area contributed by atoms with E-state index < -0.39 is 25.1 Å². The number of carbonyl (C=O) groups excluding carboxylic acids is 2. The van der Waals surface area contributed by atoms with E-state index in [1.807, 2.05) is 24.3 Å². The summed E-state index contributed by atoms with van der Waals surface area (Å²) < 4.78 is 34.1. The number of aryl methyl sites for hydroxylation is 1. The van der Waals surface area contributed by atoms with Crippen LogP contribution in [0.4, 0.5) is 8.78 Å². The van der Waals surface area contributed by atoms with Gasteiger partial charge in [0.05, 0.1) is 6.04 Å². The number of nitrogens with one attached hydrogen (secondary N) is 1. The summed E-state index contributed by atoms with van der Waals surface area (Å²) in [6.45, 7) is -3.56. The van der Waals surface area contributed by atoms with Gasteiger partial charge in [-0.15, -0.1) is 0 Å². The number of fused-ring (bicyclic) bond motifs is 1. The molecule has 1 amide bonds. The van der Waals surface area contributed by atoms with Crippen LogP contribution in [0.3, 0.4) is 0 Å². The van der Waals surface area contributed by atoms with Crippen LogP contribution in [-0.2, 0) is 16.0 Å². The summed E-state index contributed by atoms with van der Waals surface area (Å²) in [7, 11) is 0. The minimum Gasteiger partial charge on any atom is -0.452 e. The Kier molecular flexibility index (Phi) is 6.01. The molecule has 142 valence electrons. The van der Waals surface area contributed by atoms with E-state index >= 15 is 0 Å². The second-order valence-corrected chi connectivity index (χ2v) is 6.16. The number of amides is 1. The van der Waals surface area contributed by atoms with Gasteiger partial charge < -0.3 is 14.8 Å². The smallest absolute Gasteiger partial charge is 0.387 e. The summed E-state index contributed by atoms with van der Waals surface area (Å²) in [6.07, 6.45) is 2.74. The summed E-state index contributed by atoms with van der Waals surface area (Å²) >= 11 is 0. The largest absolute Gasteiger partial charge is 0.452 e. The van der Waals surface area contributed by atoms with Crippen molar-refractivity contribution >= 4 is 11.9 Å². The first-order valence-corrected chi connectivity index (χ1v) is 8.62. The van der Waals surface area contributed by atoms with Gasteiger partial charge in [0.1, 0.15) is 11.3 Å². The maximum Gasteiger partial charge on any atom is 0.387 e.